The van der Waals surface area contributed by atoms with Crippen molar-refractivity contribution < 1.29 is 14.6 Å². The van der Waals surface area contributed by atoms with Crippen LogP contribution in [0.3, 0.4) is 0 Å². The van der Waals surface area contributed by atoms with Gasteiger partial charge in [0.15, 0.2) is 6.10 Å². The van der Waals surface area contributed by atoms with Gasteiger partial charge < -0.3 is 14.8 Å². The highest BCUT2D eigenvalue weighted by Crippen LogP contribution is 2.19. The summed E-state index contributed by atoms with van der Waals surface area (Å²) in [5.41, 5.74) is 1.92. The zero-order valence-electron chi connectivity index (χ0n) is 9.64. The zero-order valence-corrected chi connectivity index (χ0v) is 9.64. The lowest BCUT2D eigenvalue weighted by Gasteiger charge is -2.08. The zero-order chi connectivity index (χ0) is 12.3. The number of ether oxygens (including phenoxy) is 1. The molecule has 4 heteroatoms. The maximum Gasteiger partial charge on any atom is 0.335 e. The van der Waals surface area contributed by atoms with Crippen molar-refractivity contribution in [3.8, 4) is 0 Å². The van der Waals surface area contributed by atoms with Gasteiger partial charge >= 0.3 is 5.97 Å². The van der Waals surface area contributed by atoms with Gasteiger partial charge in [-0.3, -0.25) is 0 Å². The summed E-state index contributed by atoms with van der Waals surface area (Å²) in [6.07, 6.45) is 0.977. The first-order chi connectivity index (χ1) is 8.22. The van der Waals surface area contributed by atoms with Gasteiger partial charge in [-0.05, 0) is 18.6 Å². The van der Waals surface area contributed by atoms with Crippen molar-refractivity contribution in [3.05, 3.63) is 36.0 Å². The molecule has 1 unspecified atom stereocenters. The topological polar surface area (TPSA) is 62.3 Å². The number of fused-ring (bicyclic) bond motifs is 1. The third kappa shape index (κ3) is 2.47. The lowest BCUT2D eigenvalue weighted by atomic mass is 10.1. The van der Waals surface area contributed by atoms with Crippen LogP contribution < -0.4 is 0 Å². The molecule has 0 aliphatic heterocycles. The molecule has 0 spiro atoms. The monoisotopic (exact) mass is 233 g/mol. The summed E-state index contributed by atoms with van der Waals surface area (Å²) in [6, 6.07) is 7.77. The highest BCUT2D eigenvalue weighted by atomic mass is 16.5. The molecular weight excluding hydrogens is 218 g/mol. The van der Waals surface area contributed by atoms with E-state index in [4.69, 9.17) is 4.74 Å². The molecule has 4 nitrogen and oxygen atoms in total. The lowest BCUT2D eigenvalue weighted by molar-refractivity contribution is -0.152. The number of esters is 1. The molecule has 0 saturated carbocycles. The molecule has 2 N–H and O–H groups in total. The molecule has 0 saturated heterocycles. The SMILES string of the molecule is CCOC(=O)C(O)Cc1c[nH]c2ccccc12. The average molecular weight is 233 g/mol. The van der Waals surface area contributed by atoms with E-state index in [0.29, 0.717) is 0 Å². The number of aromatic nitrogens is 1. The molecule has 0 aliphatic rings. The first kappa shape index (κ1) is 11.7. The first-order valence-electron chi connectivity index (χ1n) is 5.62. The van der Waals surface area contributed by atoms with Crippen LogP contribution in [-0.2, 0) is 16.0 Å². The number of aliphatic hydroxyl groups excluding tert-OH is 1. The van der Waals surface area contributed by atoms with E-state index in [-0.39, 0.29) is 13.0 Å². The Morgan fingerprint density at radius 1 is 1.47 bits per heavy atom. The summed E-state index contributed by atoms with van der Waals surface area (Å²) in [5, 5.41) is 10.7. The molecule has 1 atom stereocenters. The number of H-pyrrole nitrogens is 1. The quantitative estimate of drug-likeness (QED) is 0.789. The Bertz CT molecular complexity index is 518. The largest absolute Gasteiger partial charge is 0.464 e. The molecule has 2 rings (SSSR count). The number of aromatic amines is 1. The second kappa shape index (κ2) is 5.01. The molecule has 0 radical (unpaired) electrons. The Morgan fingerprint density at radius 2 is 2.24 bits per heavy atom. The molecule has 0 fully saturated rings. The third-order valence-electron chi connectivity index (χ3n) is 2.65. The second-order valence-electron chi connectivity index (χ2n) is 3.83. The molecule has 1 heterocycles. The number of hydrogen-bond donors (Lipinski definition) is 2. The summed E-state index contributed by atoms with van der Waals surface area (Å²) >= 11 is 0. The molecule has 0 bridgehead atoms. The van der Waals surface area contributed by atoms with Gasteiger partial charge in [-0.2, -0.15) is 0 Å². The van der Waals surface area contributed by atoms with Crippen LogP contribution in [0, 0.1) is 0 Å². The molecule has 17 heavy (non-hydrogen) atoms. The molecular formula is C13H15NO3. The van der Waals surface area contributed by atoms with Crippen LogP contribution in [-0.4, -0.2) is 28.8 Å². The number of carbonyl (C=O) groups excluding carboxylic acids is 1. The standard InChI is InChI=1S/C13H15NO3/c1-2-17-13(16)12(15)7-9-8-14-11-6-4-3-5-10(9)11/h3-6,8,12,14-15H,2,7H2,1H3. The van der Waals surface area contributed by atoms with Crippen molar-refractivity contribution >= 4 is 16.9 Å². The fourth-order valence-corrected chi connectivity index (χ4v) is 1.83. The summed E-state index contributed by atoms with van der Waals surface area (Å²) in [7, 11) is 0. The lowest BCUT2D eigenvalue weighted by Crippen LogP contribution is -2.25. The van der Waals surface area contributed by atoms with E-state index < -0.39 is 12.1 Å². The van der Waals surface area contributed by atoms with Crippen molar-refractivity contribution in [1.82, 2.24) is 4.98 Å². The van der Waals surface area contributed by atoms with Gasteiger partial charge in [0.2, 0.25) is 0 Å². The summed E-state index contributed by atoms with van der Waals surface area (Å²) < 4.78 is 4.77. The minimum absolute atomic E-state index is 0.267. The van der Waals surface area contributed by atoms with Crippen molar-refractivity contribution in [2.45, 2.75) is 19.4 Å². The number of aliphatic hydroxyl groups is 1. The van der Waals surface area contributed by atoms with Crippen LogP contribution in [0.1, 0.15) is 12.5 Å². The Kier molecular flexibility index (Phi) is 3.44. The number of carbonyl (C=O) groups is 1. The summed E-state index contributed by atoms with van der Waals surface area (Å²) in [4.78, 5) is 14.4. The van der Waals surface area contributed by atoms with Crippen LogP contribution in [0.15, 0.2) is 30.5 Å². The van der Waals surface area contributed by atoms with Gasteiger partial charge in [-0.15, -0.1) is 0 Å². The van der Waals surface area contributed by atoms with E-state index in [1.807, 2.05) is 30.5 Å². The molecule has 2 aromatic rings. The maximum absolute atomic E-state index is 11.3. The van der Waals surface area contributed by atoms with Gasteiger partial charge in [0, 0.05) is 23.5 Å². The highest BCUT2D eigenvalue weighted by molar-refractivity contribution is 5.84. The van der Waals surface area contributed by atoms with Gasteiger partial charge in [-0.25, -0.2) is 4.79 Å². The van der Waals surface area contributed by atoms with Crippen LogP contribution in [0.4, 0.5) is 0 Å². The fraction of sp³-hybridized carbons (Fsp3) is 0.308. The van der Waals surface area contributed by atoms with Crippen molar-refractivity contribution in [3.63, 3.8) is 0 Å². The van der Waals surface area contributed by atoms with E-state index in [1.54, 1.807) is 6.92 Å². The van der Waals surface area contributed by atoms with E-state index in [9.17, 15) is 9.90 Å². The number of hydrogen-bond acceptors (Lipinski definition) is 3. The molecule has 0 amide bonds. The van der Waals surface area contributed by atoms with Gasteiger partial charge in [0.05, 0.1) is 6.61 Å². The van der Waals surface area contributed by atoms with Crippen molar-refractivity contribution in [2.24, 2.45) is 0 Å². The molecule has 1 aromatic carbocycles. The van der Waals surface area contributed by atoms with E-state index in [1.165, 1.54) is 0 Å². The maximum atomic E-state index is 11.3. The van der Waals surface area contributed by atoms with Gasteiger partial charge in [0.1, 0.15) is 0 Å². The normalized spacial score (nSPS) is 12.6. The van der Waals surface area contributed by atoms with Crippen LogP contribution in [0.5, 0.6) is 0 Å². The summed E-state index contributed by atoms with van der Waals surface area (Å²) in [6.45, 7) is 2.00. The average Bonchev–Trinajstić information content (AvgIpc) is 2.73. The fourth-order valence-electron chi connectivity index (χ4n) is 1.83. The Hall–Kier alpha value is -1.81. The highest BCUT2D eigenvalue weighted by Gasteiger charge is 2.18. The number of para-hydroxylation sites is 1. The molecule has 1 aromatic heterocycles. The van der Waals surface area contributed by atoms with Crippen LogP contribution in [0.2, 0.25) is 0 Å². The van der Waals surface area contributed by atoms with Gasteiger partial charge in [0.25, 0.3) is 0 Å². The predicted molar refractivity (Wildman–Crippen MR) is 64.6 cm³/mol. The van der Waals surface area contributed by atoms with Crippen LogP contribution in [0.25, 0.3) is 10.9 Å². The number of benzene rings is 1. The number of nitrogens with one attached hydrogen (secondary N) is 1. The van der Waals surface area contributed by atoms with Gasteiger partial charge in [-0.1, -0.05) is 18.2 Å². The summed E-state index contributed by atoms with van der Waals surface area (Å²) in [5.74, 6) is -0.571. The molecule has 0 aliphatic carbocycles. The third-order valence-corrected chi connectivity index (χ3v) is 2.65. The van der Waals surface area contributed by atoms with Crippen LogP contribution >= 0.6 is 0 Å². The Morgan fingerprint density at radius 3 is 3.00 bits per heavy atom. The van der Waals surface area contributed by atoms with Crippen molar-refractivity contribution in [2.75, 3.05) is 6.61 Å². The minimum Gasteiger partial charge on any atom is -0.464 e. The first-order valence-corrected chi connectivity index (χ1v) is 5.62. The predicted octanol–water partition coefficient (Wildman–Crippen LogP) is 1.63. The molecule has 90 valence electrons. The van der Waals surface area contributed by atoms with E-state index in [2.05, 4.69) is 4.98 Å². The Balaban J connectivity index is 2.16. The second-order valence-corrected chi connectivity index (χ2v) is 3.83. The van der Waals surface area contributed by atoms with E-state index >= 15 is 0 Å². The minimum atomic E-state index is -1.10. The van der Waals surface area contributed by atoms with Crippen molar-refractivity contribution in [1.29, 1.82) is 0 Å². The Labute approximate surface area is 99.2 Å². The van der Waals surface area contributed by atoms with E-state index in [0.717, 1.165) is 16.5 Å². The number of rotatable bonds is 4. The smallest absolute Gasteiger partial charge is 0.335 e.